The van der Waals surface area contributed by atoms with Crippen LogP contribution >= 0.6 is 0 Å². The summed E-state index contributed by atoms with van der Waals surface area (Å²) >= 11 is 0. The van der Waals surface area contributed by atoms with Gasteiger partial charge in [0.25, 0.3) is 5.91 Å². The first kappa shape index (κ1) is 24.5. The minimum absolute atomic E-state index is 0.104. The summed E-state index contributed by atoms with van der Waals surface area (Å²) in [7, 11) is 0. The van der Waals surface area contributed by atoms with E-state index in [0.717, 1.165) is 23.8 Å². The van der Waals surface area contributed by atoms with Crippen molar-refractivity contribution in [3.63, 3.8) is 0 Å². The van der Waals surface area contributed by atoms with Gasteiger partial charge in [0.1, 0.15) is 17.2 Å². The zero-order chi connectivity index (χ0) is 24.3. The number of hydrogen-bond donors (Lipinski definition) is 1. The fraction of sp³-hybridized carbons (Fsp3) is 0.400. The molecule has 0 spiro atoms. The number of amides is 1. The quantitative estimate of drug-likeness (QED) is 0.417. The van der Waals surface area contributed by atoms with Crippen molar-refractivity contribution in [2.24, 2.45) is 5.92 Å². The summed E-state index contributed by atoms with van der Waals surface area (Å²) in [4.78, 5) is 37.4. The Morgan fingerprint density at radius 1 is 1.09 bits per heavy atom. The zero-order valence-corrected chi connectivity index (χ0v) is 18.7. The summed E-state index contributed by atoms with van der Waals surface area (Å²) in [6.45, 7) is 4.68. The van der Waals surface area contributed by atoms with Crippen molar-refractivity contribution in [2.45, 2.75) is 57.8 Å². The molecule has 33 heavy (non-hydrogen) atoms. The van der Waals surface area contributed by atoms with Crippen LogP contribution in [0.4, 0.5) is 13.2 Å². The maximum Gasteiger partial charge on any atom is 0.312 e. The van der Waals surface area contributed by atoms with Gasteiger partial charge in [-0.15, -0.1) is 0 Å². The first-order valence-corrected chi connectivity index (χ1v) is 10.8. The maximum atomic E-state index is 13.9. The average Bonchev–Trinajstić information content (AvgIpc) is 3.54. The highest BCUT2D eigenvalue weighted by atomic mass is 19.1. The molecule has 5 nitrogen and oxygen atoms in total. The molecule has 3 atom stereocenters. The van der Waals surface area contributed by atoms with E-state index < -0.39 is 52.7 Å². The van der Waals surface area contributed by atoms with Crippen LogP contribution in [0.3, 0.4) is 0 Å². The van der Waals surface area contributed by atoms with E-state index >= 15 is 0 Å². The van der Waals surface area contributed by atoms with Crippen molar-refractivity contribution >= 4 is 17.7 Å². The lowest BCUT2D eigenvalue weighted by atomic mass is 9.91. The number of rotatable bonds is 9. The molecule has 3 rings (SSSR count). The number of carbonyl (C=O) groups excluding carboxylic acids is 3. The molecule has 3 unspecified atom stereocenters. The van der Waals surface area contributed by atoms with E-state index in [1.807, 2.05) is 0 Å². The summed E-state index contributed by atoms with van der Waals surface area (Å²) in [5.74, 6) is -4.61. The molecule has 1 aliphatic carbocycles. The van der Waals surface area contributed by atoms with E-state index in [2.05, 4.69) is 5.32 Å². The van der Waals surface area contributed by atoms with E-state index in [-0.39, 0.29) is 17.9 Å². The van der Waals surface area contributed by atoms with Crippen molar-refractivity contribution in [1.29, 1.82) is 0 Å². The molecule has 1 aliphatic rings. The predicted molar refractivity (Wildman–Crippen MR) is 115 cm³/mol. The largest absolute Gasteiger partial charge is 0.431 e. The molecule has 1 fully saturated rings. The number of carbonyl (C=O) groups is 3. The van der Waals surface area contributed by atoms with Gasteiger partial charge in [0, 0.05) is 12.0 Å². The molecule has 8 heteroatoms. The maximum absolute atomic E-state index is 13.9. The molecule has 176 valence electrons. The Morgan fingerprint density at radius 2 is 1.70 bits per heavy atom. The topological polar surface area (TPSA) is 72.5 Å². The summed E-state index contributed by atoms with van der Waals surface area (Å²) in [5.41, 5.74) is -1.09. The molecule has 2 aromatic rings. The molecule has 0 aliphatic heterocycles. The lowest BCUT2D eigenvalue weighted by Crippen LogP contribution is -2.50. The summed E-state index contributed by atoms with van der Waals surface area (Å²) in [6, 6.07) is 9.58. The van der Waals surface area contributed by atoms with E-state index in [1.165, 1.54) is 13.8 Å². The summed E-state index contributed by atoms with van der Waals surface area (Å²) in [6.07, 6.45) is -0.320. The monoisotopic (exact) mass is 461 g/mol. The van der Waals surface area contributed by atoms with Gasteiger partial charge < -0.3 is 10.1 Å². The number of hydrogen-bond acceptors (Lipinski definition) is 4. The summed E-state index contributed by atoms with van der Waals surface area (Å²) < 4.78 is 46.1. The molecule has 0 heterocycles. The number of nitrogens with one attached hydrogen (secondary N) is 1. The van der Waals surface area contributed by atoms with Gasteiger partial charge in [-0.2, -0.15) is 0 Å². The van der Waals surface area contributed by atoms with Crippen molar-refractivity contribution in [1.82, 2.24) is 5.32 Å². The number of benzene rings is 2. The summed E-state index contributed by atoms with van der Waals surface area (Å²) in [5, 5.41) is 2.39. The van der Waals surface area contributed by atoms with E-state index in [9.17, 15) is 27.6 Å². The molecule has 0 aromatic heterocycles. The van der Waals surface area contributed by atoms with Gasteiger partial charge in [0.05, 0.1) is 11.5 Å². The van der Waals surface area contributed by atoms with Gasteiger partial charge in [-0.25, -0.2) is 13.2 Å². The third-order valence-corrected chi connectivity index (χ3v) is 5.64. The molecule has 1 amide bonds. The van der Waals surface area contributed by atoms with Gasteiger partial charge in [0.15, 0.2) is 5.78 Å². The smallest absolute Gasteiger partial charge is 0.312 e. The zero-order valence-electron chi connectivity index (χ0n) is 18.7. The van der Waals surface area contributed by atoms with Crippen LogP contribution in [-0.2, 0) is 9.53 Å². The first-order chi connectivity index (χ1) is 15.5. The minimum Gasteiger partial charge on any atom is -0.431 e. The van der Waals surface area contributed by atoms with Crippen LogP contribution in [0.15, 0.2) is 42.5 Å². The highest BCUT2D eigenvalue weighted by Crippen LogP contribution is 2.48. The number of esters is 1. The fourth-order valence-electron chi connectivity index (χ4n) is 3.68. The van der Waals surface area contributed by atoms with Crippen LogP contribution in [0.5, 0.6) is 0 Å². The second-order valence-electron chi connectivity index (χ2n) is 8.71. The Balaban J connectivity index is 1.64. The van der Waals surface area contributed by atoms with Gasteiger partial charge in [-0.1, -0.05) is 37.3 Å². The lowest BCUT2D eigenvalue weighted by molar-refractivity contribution is -0.160. The van der Waals surface area contributed by atoms with Crippen LogP contribution in [0, 0.1) is 17.6 Å². The Morgan fingerprint density at radius 3 is 2.27 bits per heavy atom. The molecule has 1 N–H and O–H groups in total. The number of ether oxygens (including phenoxy) is 1. The van der Waals surface area contributed by atoms with Gasteiger partial charge in [0.2, 0.25) is 6.36 Å². The number of halogens is 3. The van der Waals surface area contributed by atoms with Crippen LogP contribution < -0.4 is 5.32 Å². The predicted octanol–water partition coefficient (Wildman–Crippen LogP) is 5.10. The van der Waals surface area contributed by atoms with Crippen molar-refractivity contribution in [2.75, 3.05) is 0 Å². The van der Waals surface area contributed by atoms with Crippen molar-refractivity contribution < 1.29 is 32.3 Å². The Bertz CT molecular complexity index is 1030. The lowest BCUT2D eigenvalue weighted by Gasteiger charge is -2.25. The third kappa shape index (κ3) is 5.61. The average molecular weight is 461 g/mol. The van der Waals surface area contributed by atoms with Gasteiger partial charge in [-0.3, -0.25) is 14.4 Å². The van der Waals surface area contributed by atoms with Crippen LogP contribution in [0.25, 0.3) is 0 Å². The van der Waals surface area contributed by atoms with Crippen LogP contribution in [0.1, 0.15) is 72.2 Å². The van der Waals surface area contributed by atoms with Gasteiger partial charge >= 0.3 is 5.97 Å². The standard InChI is InChI=1S/C25H26F3NO4/c1-4-6-20(28)33-24(32)17-13-16(17)14-9-11-15(12-10-14)22(30)25(2,3)29-23(31)21-18(26)7-5-8-19(21)27/h5,7-12,16-17,20H,4,6,13H2,1-3H3,(H,29,31). The number of Topliss-reactive ketones (excluding diaryl/α,β-unsaturated/α-hetero) is 1. The molecule has 0 bridgehead atoms. The molecule has 1 saturated carbocycles. The van der Waals surface area contributed by atoms with E-state index in [1.54, 1.807) is 31.2 Å². The highest BCUT2D eigenvalue weighted by molar-refractivity contribution is 6.06. The molecule has 2 aromatic carbocycles. The minimum atomic E-state index is -1.60. The first-order valence-electron chi connectivity index (χ1n) is 10.8. The Kier molecular flexibility index (Phi) is 7.25. The second kappa shape index (κ2) is 9.77. The Labute approximate surface area is 190 Å². The van der Waals surface area contributed by atoms with Crippen molar-refractivity contribution in [3.8, 4) is 0 Å². The van der Waals surface area contributed by atoms with Gasteiger partial charge in [-0.05, 0) is 50.3 Å². The van der Waals surface area contributed by atoms with Crippen molar-refractivity contribution in [3.05, 3.63) is 70.8 Å². The van der Waals surface area contributed by atoms with E-state index in [0.29, 0.717) is 12.8 Å². The second-order valence-corrected chi connectivity index (χ2v) is 8.71. The fourth-order valence-corrected chi connectivity index (χ4v) is 3.68. The molecule has 0 radical (unpaired) electrons. The van der Waals surface area contributed by atoms with Crippen LogP contribution in [-0.4, -0.2) is 29.6 Å². The normalized spacial score (nSPS) is 18.4. The molecule has 0 saturated heterocycles. The highest BCUT2D eigenvalue weighted by Gasteiger charge is 2.46. The number of alkyl halides is 1. The number of ketones is 1. The van der Waals surface area contributed by atoms with Crippen LogP contribution in [0.2, 0.25) is 0 Å². The third-order valence-electron chi connectivity index (χ3n) is 5.64. The van der Waals surface area contributed by atoms with E-state index in [4.69, 9.17) is 4.74 Å². The SMILES string of the molecule is CCCC(F)OC(=O)C1CC1c1ccc(C(=O)C(C)(C)NC(=O)c2c(F)cccc2F)cc1. The molecular weight excluding hydrogens is 435 g/mol. The molecular formula is C25H26F3NO4. The Hall–Kier alpha value is -3.16.